The van der Waals surface area contributed by atoms with Crippen molar-refractivity contribution in [3.63, 3.8) is 0 Å². The molecule has 1 aliphatic heterocycles. The van der Waals surface area contributed by atoms with E-state index in [1.165, 1.54) is 29.2 Å². The van der Waals surface area contributed by atoms with Crippen molar-refractivity contribution in [3.8, 4) is 11.5 Å². The van der Waals surface area contributed by atoms with Crippen LogP contribution in [0.25, 0.3) is 0 Å². The Morgan fingerprint density at radius 3 is 2.02 bits per heavy atom. The smallest absolute Gasteiger partial charge is 0.508 e. The molecule has 1 heterocycles. The molecule has 0 spiro atoms. The highest BCUT2D eigenvalue weighted by atomic mass is 16.8. The Bertz CT molecular complexity index is 1250. The second kappa shape index (κ2) is 12.3. The summed E-state index contributed by atoms with van der Waals surface area (Å²) in [6.07, 6.45) is -5.21. The largest absolute Gasteiger partial charge is 0.514 e. The number of amides is 1. The average molecular weight is 575 g/mol. The van der Waals surface area contributed by atoms with Crippen LogP contribution >= 0.6 is 0 Å². The Hall–Kier alpha value is -4.55. The van der Waals surface area contributed by atoms with E-state index in [1.807, 2.05) is 0 Å². The van der Waals surface area contributed by atoms with Crippen molar-refractivity contribution in [1.82, 2.24) is 4.90 Å². The number of phenols is 1. The van der Waals surface area contributed by atoms with Crippen LogP contribution in [0, 0.1) is 10.1 Å². The van der Waals surface area contributed by atoms with E-state index in [2.05, 4.69) is 0 Å². The molecule has 13 nitrogen and oxygen atoms in total. The molecule has 0 bridgehead atoms. The maximum atomic E-state index is 13.3. The van der Waals surface area contributed by atoms with E-state index in [0.717, 1.165) is 12.1 Å². The molecule has 2 aromatic carbocycles. The lowest BCUT2D eigenvalue weighted by Gasteiger charge is -2.30. The zero-order valence-electron chi connectivity index (χ0n) is 23.7. The van der Waals surface area contributed by atoms with Crippen LogP contribution in [0.1, 0.15) is 47.1 Å². The number of nitro benzene ring substituents is 1. The van der Waals surface area contributed by atoms with Crippen LogP contribution in [0.4, 0.5) is 20.1 Å². The van der Waals surface area contributed by atoms with E-state index >= 15 is 0 Å². The van der Waals surface area contributed by atoms with Gasteiger partial charge in [-0.3, -0.25) is 15.0 Å². The van der Waals surface area contributed by atoms with Gasteiger partial charge in [0.25, 0.3) is 5.69 Å². The SMILES string of the molecule is CC(C)(C)OC(=O)O[C@H]1CN(C(=O)OC(C)(C)C)[C@H](Cc2ccc(O)cc2)[C@@H]1OC(=O)Oc1ccc([N+](=O)[O-])cc1. The average Bonchev–Trinajstić information content (AvgIpc) is 3.15. The number of nitro groups is 1. The first kappa shape index (κ1) is 31.0. The molecule has 0 unspecified atom stereocenters. The third kappa shape index (κ3) is 9.26. The number of phenolic OH excluding ortho intramolecular Hbond substituents is 1. The van der Waals surface area contributed by atoms with Crippen molar-refractivity contribution >= 4 is 24.1 Å². The number of ether oxygens (including phenoxy) is 5. The van der Waals surface area contributed by atoms with Crippen molar-refractivity contribution < 1.29 is 48.1 Å². The van der Waals surface area contributed by atoms with Gasteiger partial charge in [0, 0.05) is 12.1 Å². The van der Waals surface area contributed by atoms with Crippen LogP contribution < -0.4 is 4.74 Å². The Labute approximate surface area is 237 Å². The molecule has 0 saturated carbocycles. The highest BCUT2D eigenvalue weighted by Crippen LogP contribution is 2.31. The van der Waals surface area contributed by atoms with Gasteiger partial charge in [0.15, 0.2) is 12.2 Å². The lowest BCUT2D eigenvalue weighted by atomic mass is 10.0. The van der Waals surface area contributed by atoms with Gasteiger partial charge in [-0.05, 0) is 77.8 Å². The monoisotopic (exact) mass is 574 g/mol. The Morgan fingerprint density at radius 2 is 1.49 bits per heavy atom. The van der Waals surface area contributed by atoms with E-state index in [1.54, 1.807) is 53.7 Å². The topological polar surface area (TPSA) is 164 Å². The molecule has 1 aliphatic rings. The number of nitrogens with zero attached hydrogens (tertiary/aromatic N) is 2. The van der Waals surface area contributed by atoms with Crippen LogP contribution in [0.2, 0.25) is 0 Å². The Balaban J connectivity index is 1.92. The number of aromatic hydroxyl groups is 1. The molecule has 0 aliphatic carbocycles. The quantitative estimate of drug-likeness (QED) is 0.155. The highest BCUT2D eigenvalue weighted by Gasteiger charge is 2.50. The van der Waals surface area contributed by atoms with E-state index in [9.17, 15) is 29.6 Å². The van der Waals surface area contributed by atoms with Crippen molar-refractivity contribution in [2.45, 2.75) is 77.4 Å². The number of carbonyl (C=O) groups excluding carboxylic acids is 3. The second-order valence-electron chi connectivity index (χ2n) is 11.4. The molecule has 3 atom stereocenters. The Kier molecular flexibility index (Phi) is 9.31. The summed E-state index contributed by atoms with van der Waals surface area (Å²) < 4.78 is 27.2. The molecule has 3 rings (SSSR count). The Morgan fingerprint density at radius 1 is 0.902 bits per heavy atom. The third-order valence-corrected chi connectivity index (χ3v) is 5.65. The fourth-order valence-electron chi connectivity index (χ4n) is 4.01. The van der Waals surface area contributed by atoms with Gasteiger partial charge >= 0.3 is 18.4 Å². The molecule has 1 amide bonds. The number of benzene rings is 2. The zero-order valence-corrected chi connectivity index (χ0v) is 23.7. The number of carbonyl (C=O) groups is 3. The van der Waals surface area contributed by atoms with Crippen molar-refractivity contribution in [3.05, 3.63) is 64.2 Å². The van der Waals surface area contributed by atoms with E-state index in [4.69, 9.17) is 23.7 Å². The molecule has 1 fully saturated rings. The van der Waals surface area contributed by atoms with E-state index in [-0.39, 0.29) is 30.2 Å². The first-order valence-electron chi connectivity index (χ1n) is 12.8. The zero-order chi connectivity index (χ0) is 30.5. The second-order valence-corrected chi connectivity index (χ2v) is 11.4. The fraction of sp³-hybridized carbons (Fsp3) is 0.464. The van der Waals surface area contributed by atoms with Gasteiger partial charge in [-0.2, -0.15) is 0 Å². The number of hydrogen-bond acceptors (Lipinski definition) is 11. The summed E-state index contributed by atoms with van der Waals surface area (Å²) in [5, 5.41) is 20.6. The van der Waals surface area contributed by atoms with Gasteiger partial charge < -0.3 is 28.8 Å². The summed E-state index contributed by atoms with van der Waals surface area (Å²) in [5.41, 5.74) is -1.25. The molecule has 41 heavy (non-hydrogen) atoms. The van der Waals surface area contributed by atoms with Gasteiger partial charge in [-0.15, -0.1) is 0 Å². The van der Waals surface area contributed by atoms with Crippen LogP contribution in [-0.2, 0) is 25.4 Å². The molecule has 0 aromatic heterocycles. The maximum absolute atomic E-state index is 13.3. The van der Waals surface area contributed by atoms with Gasteiger partial charge in [0.1, 0.15) is 22.7 Å². The van der Waals surface area contributed by atoms with Gasteiger partial charge in [-0.25, -0.2) is 14.4 Å². The summed E-state index contributed by atoms with van der Waals surface area (Å²) >= 11 is 0. The summed E-state index contributed by atoms with van der Waals surface area (Å²) in [5.74, 6) is 0.0112. The van der Waals surface area contributed by atoms with Gasteiger partial charge in [0.05, 0.1) is 17.5 Å². The minimum Gasteiger partial charge on any atom is -0.508 e. The summed E-state index contributed by atoms with van der Waals surface area (Å²) in [6, 6.07) is 10.1. The van der Waals surface area contributed by atoms with Gasteiger partial charge in [-0.1, -0.05) is 12.1 Å². The normalized spacial score (nSPS) is 18.8. The summed E-state index contributed by atoms with van der Waals surface area (Å²) in [7, 11) is 0. The predicted molar refractivity (Wildman–Crippen MR) is 144 cm³/mol. The molecule has 13 heteroatoms. The molecular weight excluding hydrogens is 540 g/mol. The van der Waals surface area contributed by atoms with Crippen LogP contribution in [0.5, 0.6) is 11.5 Å². The van der Waals surface area contributed by atoms with Gasteiger partial charge in [0.2, 0.25) is 0 Å². The third-order valence-electron chi connectivity index (χ3n) is 5.65. The molecule has 1 N–H and O–H groups in total. The number of rotatable bonds is 6. The number of non-ortho nitro benzene ring substituents is 1. The minimum atomic E-state index is -1.23. The molecule has 0 radical (unpaired) electrons. The number of likely N-dealkylation sites (tertiary alicyclic amines) is 1. The summed E-state index contributed by atoms with van der Waals surface area (Å²) in [6.45, 7) is 9.85. The van der Waals surface area contributed by atoms with Crippen molar-refractivity contribution in [1.29, 1.82) is 0 Å². The number of hydrogen-bond donors (Lipinski definition) is 1. The molecular formula is C28H34N2O11. The minimum absolute atomic E-state index is 0.0257. The lowest BCUT2D eigenvalue weighted by Crippen LogP contribution is -2.45. The van der Waals surface area contributed by atoms with E-state index < -0.39 is 52.8 Å². The van der Waals surface area contributed by atoms with Crippen LogP contribution in [0.3, 0.4) is 0 Å². The predicted octanol–water partition coefficient (Wildman–Crippen LogP) is 5.37. The highest BCUT2D eigenvalue weighted by molar-refractivity contribution is 5.70. The molecule has 222 valence electrons. The fourth-order valence-corrected chi connectivity index (χ4v) is 4.01. The van der Waals surface area contributed by atoms with Crippen LogP contribution in [-0.4, -0.2) is 69.3 Å². The van der Waals surface area contributed by atoms with Crippen molar-refractivity contribution in [2.75, 3.05) is 6.54 Å². The van der Waals surface area contributed by atoms with Crippen LogP contribution in [0.15, 0.2) is 48.5 Å². The first-order chi connectivity index (χ1) is 19.0. The summed E-state index contributed by atoms with van der Waals surface area (Å²) in [4.78, 5) is 50.3. The lowest BCUT2D eigenvalue weighted by molar-refractivity contribution is -0.384. The van der Waals surface area contributed by atoms with E-state index in [0.29, 0.717) is 5.56 Å². The van der Waals surface area contributed by atoms with Crippen molar-refractivity contribution in [2.24, 2.45) is 0 Å². The standard InChI is InChI=1S/C28H34N2O11/c1-27(2,3)40-24(32)29-16-22(38-26(34)41-28(4,5)6)23(21(29)15-17-7-11-19(31)12-8-17)39-25(33)37-20-13-9-18(10-14-20)30(35)36/h7-14,21-23,31H,15-16H2,1-6H3/t21-,22+,23+/m1/s1. The molecule has 2 aromatic rings. The molecule has 1 saturated heterocycles. The first-order valence-corrected chi connectivity index (χ1v) is 12.8. The maximum Gasteiger partial charge on any atom is 0.514 e.